The molecule has 1 amide bonds. The zero-order valence-electron chi connectivity index (χ0n) is 14.3. The van der Waals surface area contributed by atoms with Crippen molar-refractivity contribution in [3.05, 3.63) is 35.7 Å². The Balaban J connectivity index is 1.68. The van der Waals surface area contributed by atoms with Crippen LogP contribution in [-0.4, -0.2) is 22.1 Å². The van der Waals surface area contributed by atoms with Crippen molar-refractivity contribution >= 4 is 5.91 Å². The first-order chi connectivity index (χ1) is 12.9. The van der Waals surface area contributed by atoms with E-state index in [-0.39, 0.29) is 17.3 Å². The highest BCUT2D eigenvalue weighted by atomic mass is 19.4. The molecule has 0 radical (unpaired) electrons. The number of amides is 1. The van der Waals surface area contributed by atoms with Crippen LogP contribution in [-0.2, 0) is 6.18 Å². The van der Waals surface area contributed by atoms with E-state index in [1.807, 2.05) is 0 Å². The number of nitrogens with zero attached hydrogens (tertiary/aromatic N) is 3. The second-order valence-electron chi connectivity index (χ2n) is 6.48. The maximum atomic E-state index is 12.5. The first kappa shape index (κ1) is 18.9. The Labute approximate surface area is 153 Å². The van der Waals surface area contributed by atoms with E-state index in [0.29, 0.717) is 5.56 Å². The molecule has 6 nitrogen and oxygen atoms in total. The molecule has 0 aliphatic heterocycles. The molecule has 142 valence electrons. The average Bonchev–Trinajstić information content (AvgIpc) is 3.17. The summed E-state index contributed by atoms with van der Waals surface area (Å²) in [5.41, 5.74) is 0.587. The molecular weight excluding hydrogens is 361 g/mol. The van der Waals surface area contributed by atoms with Gasteiger partial charge >= 0.3 is 12.1 Å². The number of nitrogens with one attached hydrogen (secondary N) is 1. The summed E-state index contributed by atoms with van der Waals surface area (Å²) >= 11 is 0. The molecular formula is C18H17F3N4O2. The highest BCUT2D eigenvalue weighted by Crippen LogP contribution is 2.29. The van der Waals surface area contributed by atoms with E-state index in [9.17, 15) is 23.2 Å². The Kier molecular flexibility index (Phi) is 5.44. The van der Waals surface area contributed by atoms with Crippen LogP contribution in [0.15, 0.2) is 28.8 Å². The van der Waals surface area contributed by atoms with Crippen LogP contribution in [0.1, 0.15) is 48.4 Å². The number of carbonyl (C=O) groups excluding carboxylic acids is 1. The smallest absolute Gasteiger partial charge is 0.336 e. The molecule has 1 N–H and O–H groups in total. The van der Waals surface area contributed by atoms with Crippen molar-refractivity contribution in [1.82, 2.24) is 15.5 Å². The predicted octanol–water partition coefficient (Wildman–Crippen LogP) is 3.96. The average molecular weight is 378 g/mol. The molecule has 0 bridgehead atoms. The van der Waals surface area contributed by atoms with E-state index in [4.69, 9.17) is 0 Å². The third-order valence-electron chi connectivity index (χ3n) is 4.62. The van der Waals surface area contributed by atoms with Gasteiger partial charge in [-0.1, -0.05) is 36.6 Å². The molecule has 3 rings (SSSR count). The van der Waals surface area contributed by atoms with Gasteiger partial charge in [-0.3, -0.25) is 4.79 Å². The lowest BCUT2D eigenvalue weighted by molar-refractivity contribution is -0.159. The summed E-state index contributed by atoms with van der Waals surface area (Å²) in [6.45, 7) is 0. The summed E-state index contributed by atoms with van der Waals surface area (Å²) in [4.78, 5) is 15.7. The zero-order chi connectivity index (χ0) is 19.4. The maximum Gasteiger partial charge on any atom is 0.471 e. The minimum Gasteiger partial charge on any atom is -0.336 e. The normalized spacial score (nSPS) is 16.5. The van der Waals surface area contributed by atoms with Crippen LogP contribution >= 0.6 is 0 Å². The fraction of sp³-hybridized carbons (Fsp3) is 0.444. The van der Waals surface area contributed by atoms with Gasteiger partial charge in [0, 0.05) is 11.1 Å². The van der Waals surface area contributed by atoms with Gasteiger partial charge in [-0.15, -0.1) is 0 Å². The van der Waals surface area contributed by atoms with E-state index < -0.39 is 24.0 Å². The van der Waals surface area contributed by atoms with E-state index >= 15 is 0 Å². The summed E-state index contributed by atoms with van der Waals surface area (Å²) < 4.78 is 41.8. The van der Waals surface area contributed by atoms with E-state index in [1.54, 1.807) is 0 Å². The van der Waals surface area contributed by atoms with Crippen molar-refractivity contribution in [2.45, 2.75) is 44.3 Å². The minimum absolute atomic E-state index is 0.145. The van der Waals surface area contributed by atoms with Gasteiger partial charge < -0.3 is 9.84 Å². The fourth-order valence-electron chi connectivity index (χ4n) is 3.17. The lowest BCUT2D eigenvalue weighted by Gasteiger charge is -2.26. The van der Waals surface area contributed by atoms with Crippen LogP contribution in [0.2, 0.25) is 0 Å². The fourth-order valence-corrected chi connectivity index (χ4v) is 3.17. The largest absolute Gasteiger partial charge is 0.471 e. The number of rotatable bonds is 4. The van der Waals surface area contributed by atoms with Gasteiger partial charge in [-0.2, -0.15) is 23.4 Å². The molecule has 0 spiro atoms. The van der Waals surface area contributed by atoms with Gasteiger partial charge in [0.05, 0.1) is 6.07 Å². The first-order valence-electron chi connectivity index (χ1n) is 8.60. The minimum atomic E-state index is -4.71. The molecule has 1 atom stereocenters. The molecule has 1 aromatic carbocycles. The molecule has 1 heterocycles. The molecule has 1 aliphatic rings. The van der Waals surface area contributed by atoms with Crippen molar-refractivity contribution in [2.75, 3.05) is 0 Å². The number of benzene rings is 1. The number of hydrogen-bond acceptors (Lipinski definition) is 5. The molecule has 27 heavy (non-hydrogen) atoms. The highest BCUT2D eigenvalue weighted by Gasteiger charge is 2.38. The maximum absolute atomic E-state index is 12.5. The SMILES string of the molecule is N#CC(NC(=O)c1ccc(-c2noc(C(F)(F)F)n2)cc1)C1CCCCC1. The molecule has 1 aromatic heterocycles. The monoisotopic (exact) mass is 378 g/mol. The molecule has 1 aliphatic carbocycles. The van der Waals surface area contributed by atoms with Crippen LogP contribution < -0.4 is 5.32 Å². The molecule has 1 saturated carbocycles. The number of halogens is 3. The lowest BCUT2D eigenvalue weighted by atomic mass is 9.84. The second kappa shape index (κ2) is 7.78. The predicted molar refractivity (Wildman–Crippen MR) is 88.2 cm³/mol. The van der Waals surface area contributed by atoms with Gasteiger partial charge in [0.2, 0.25) is 5.82 Å². The number of alkyl halides is 3. The zero-order valence-corrected chi connectivity index (χ0v) is 14.3. The molecule has 9 heteroatoms. The van der Waals surface area contributed by atoms with E-state index in [2.05, 4.69) is 26.0 Å². The first-order valence-corrected chi connectivity index (χ1v) is 8.60. The van der Waals surface area contributed by atoms with Gasteiger partial charge in [0.25, 0.3) is 5.91 Å². The Morgan fingerprint density at radius 3 is 2.44 bits per heavy atom. The van der Waals surface area contributed by atoms with Crippen molar-refractivity contribution in [3.63, 3.8) is 0 Å². The number of nitriles is 1. The van der Waals surface area contributed by atoms with Gasteiger partial charge in [-0.25, -0.2) is 0 Å². The second-order valence-corrected chi connectivity index (χ2v) is 6.48. The summed E-state index contributed by atoms with van der Waals surface area (Å²) in [7, 11) is 0. The van der Waals surface area contributed by atoms with Gasteiger partial charge in [0.15, 0.2) is 0 Å². The van der Waals surface area contributed by atoms with Crippen molar-refractivity contribution < 1.29 is 22.5 Å². The van der Waals surface area contributed by atoms with Crippen molar-refractivity contribution in [3.8, 4) is 17.5 Å². The Morgan fingerprint density at radius 1 is 1.22 bits per heavy atom. The quantitative estimate of drug-likeness (QED) is 0.869. The molecule has 1 unspecified atom stereocenters. The molecule has 2 aromatic rings. The van der Waals surface area contributed by atoms with Crippen LogP contribution in [0, 0.1) is 17.2 Å². The van der Waals surface area contributed by atoms with Crippen molar-refractivity contribution in [2.24, 2.45) is 5.92 Å². The Hall–Kier alpha value is -2.89. The number of hydrogen-bond donors (Lipinski definition) is 1. The van der Waals surface area contributed by atoms with E-state index in [0.717, 1.165) is 32.1 Å². The van der Waals surface area contributed by atoms with Crippen LogP contribution in [0.5, 0.6) is 0 Å². The topological polar surface area (TPSA) is 91.8 Å². The number of carbonyl (C=O) groups is 1. The third kappa shape index (κ3) is 4.45. The summed E-state index contributed by atoms with van der Waals surface area (Å²) in [5, 5.41) is 15.4. The van der Waals surface area contributed by atoms with E-state index in [1.165, 1.54) is 24.3 Å². The van der Waals surface area contributed by atoms with Gasteiger partial charge in [-0.05, 0) is 30.9 Å². The third-order valence-corrected chi connectivity index (χ3v) is 4.62. The van der Waals surface area contributed by atoms with Crippen molar-refractivity contribution in [1.29, 1.82) is 5.26 Å². The van der Waals surface area contributed by atoms with Crippen LogP contribution in [0.3, 0.4) is 0 Å². The molecule has 0 saturated heterocycles. The Morgan fingerprint density at radius 2 is 1.89 bits per heavy atom. The van der Waals surface area contributed by atoms with Crippen LogP contribution in [0.25, 0.3) is 11.4 Å². The molecule has 1 fully saturated rings. The summed E-state index contributed by atoms with van der Waals surface area (Å²) in [5.74, 6) is -1.90. The lowest BCUT2D eigenvalue weighted by Crippen LogP contribution is -2.40. The van der Waals surface area contributed by atoms with Gasteiger partial charge in [0.1, 0.15) is 6.04 Å². The Bertz CT molecular complexity index is 834. The summed E-state index contributed by atoms with van der Waals surface area (Å²) in [6, 6.07) is 7.36. The number of aromatic nitrogens is 2. The summed E-state index contributed by atoms with van der Waals surface area (Å²) in [6.07, 6.45) is 0.371. The highest BCUT2D eigenvalue weighted by molar-refractivity contribution is 5.95. The standard InChI is InChI=1S/C18H17F3N4O2/c19-18(20,21)17-24-15(25-27-17)12-6-8-13(9-7-12)16(26)23-14(10-22)11-4-2-1-3-5-11/h6-9,11,14H,1-5H2,(H,23,26). The van der Waals surface area contributed by atoms with Crippen LogP contribution in [0.4, 0.5) is 13.2 Å².